The Hall–Kier alpha value is -0.980. The van der Waals surface area contributed by atoms with E-state index in [1.165, 1.54) is 0 Å². The molecule has 0 aliphatic carbocycles. The summed E-state index contributed by atoms with van der Waals surface area (Å²) in [4.78, 5) is 4.84. The highest BCUT2D eigenvalue weighted by atomic mass is 79.9. The number of nitrogens with one attached hydrogen (secondary N) is 1. The van der Waals surface area contributed by atoms with Crippen LogP contribution in [0.5, 0.6) is 0 Å². The van der Waals surface area contributed by atoms with Crippen molar-refractivity contribution in [3.8, 4) is 0 Å². The molecule has 0 radical (unpaired) electrons. The van der Waals surface area contributed by atoms with E-state index in [2.05, 4.69) is 31.6 Å². The van der Waals surface area contributed by atoms with Gasteiger partial charge in [-0.05, 0) is 41.1 Å². The van der Waals surface area contributed by atoms with Crippen molar-refractivity contribution in [2.24, 2.45) is 5.73 Å². The van der Waals surface area contributed by atoms with Crippen LogP contribution in [0, 0.1) is 6.92 Å². The first-order chi connectivity index (χ1) is 9.06. The van der Waals surface area contributed by atoms with Crippen molar-refractivity contribution < 1.29 is 0 Å². The number of benzene rings is 1. The molecule has 0 saturated carbocycles. The van der Waals surface area contributed by atoms with Gasteiger partial charge in [0.05, 0.1) is 10.7 Å². The third kappa shape index (κ3) is 3.99. The molecule has 0 unspecified atom stereocenters. The Morgan fingerprint density at radius 3 is 2.89 bits per heavy atom. The quantitative estimate of drug-likeness (QED) is 0.805. The van der Waals surface area contributed by atoms with Gasteiger partial charge in [-0.1, -0.05) is 12.2 Å². The number of thiazole rings is 1. The topological polar surface area (TPSA) is 50.9 Å². The Morgan fingerprint density at radius 2 is 2.32 bits per heavy atom. The molecule has 2 rings (SSSR count). The van der Waals surface area contributed by atoms with Gasteiger partial charge in [0.25, 0.3) is 0 Å². The standard InChI is InChI=1S/C13H14BrN3S2/c1-8-17-10(7-19-8)4-5-16-12-3-2-9(13(15)18)6-11(12)14/h2-3,6-7,16H,4-5H2,1H3,(H2,15,18). The van der Waals surface area contributed by atoms with E-state index < -0.39 is 0 Å². The molecular formula is C13H14BrN3S2. The first kappa shape index (κ1) is 14.4. The Labute approximate surface area is 130 Å². The van der Waals surface area contributed by atoms with Crippen molar-refractivity contribution in [2.75, 3.05) is 11.9 Å². The predicted molar refractivity (Wildman–Crippen MR) is 89.1 cm³/mol. The van der Waals surface area contributed by atoms with Crippen molar-refractivity contribution in [3.05, 3.63) is 44.3 Å². The molecule has 0 saturated heterocycles. The fourth-order valence-corrected chi connectivity index (χ4v) is 2.95. The zero-order valence-corrected chi connectivity index (χ0v) is 13.7. The van der Waals surface area contributed by atoms with Gasteiger partial charge in [0.2, 0.25) is 0 Å². The maximum absolute atomic E-state index is 5.59. The molecule has 0 aliphatic rings. The first-order valence-electron chi connectivity index (χ1n) is 5.80. The summed E-state index contributed by atoms with van der Waals surface area (Å²) in [6.07, 6.45) is 0.911. The molecule has 0 atom stereocenters. The van der Waals surface area contributed by atoms with E-state index in [-0.39, 0.29) is 0 Å². The number of aryl methyl sites for hydroxylation is 1. The minimum absolute atomic E-state index is 0.408. The van der Waals surface area contributed by atoms with E-state index in [0.29, 0.717) is 4.99 Å². The van der Waals surface area contributed by atoms with Crippen LogP contribution in [-0.4, -0.2) is 16.5 Å². The maximum Gasteiger partial charge on any atom is 0.104 e. The summed E-state index contributed by atoms with van der Waals surface area (Å²) in [7, 11) is 0. The number of nitrogens with zero attached hydrogens (tertiary/aromatic N) is 1. The van der Waals surface area contributed by atoms with E-state index in [1.807, 2.05) is 25.1 Å². The highest BCUT2D eigenvalue weighted by molar-refractivity contribution is 9.10. The van der Waals surface area contributed by atoms with Crippen LogP contribution in [0.25, 0.3) is 0 Å². The van der Waals surface area contributed by atoms with Gasteiger partial charge in [-0.3, -0.25) is 0 Å². The fourth-order valence-electron chi connectivity index (χ4n) is 1.66. The monoisotopic (exact) mass is 355 g/mol. The SMILES string of the molecule is Cc1nc(CCNc2ccc(C(N)=S)cc2Br)cs1. The normalized spacial score (nSPS) is 10.4. The van der Waals surface area contributed by atoms with Gasteiger partial charge in [-0.2, -0.15) is 0 Å². The lowest BCUT2D eigenvalue weighted by molar-refractivity contribution is 0.967. The molecule has 0 bridgehead atoms. The summed E-state index contributed by atoms with van der Waals surface area (Å²) in [5.74, 6) is 0. The van der Waals surface area contributed by atoms with Gasteiger partial charge in [0.1, 0.15) is 4.99 Å². The lowest BCUT2D eigenvalue weighted by Gasteiger charge is -2.09. The lowest BCUT2D eigenvalue weighted by Crippen LogP contribution is -2.10. The number of anilines is 1. The summed E-state index contributed by atoms with van der Waals surface area (Å²) >= 11 is 10.1. The molecule has 1 aromatic heterocycles. The molecular weight excluding hydrogens is 342 g/mol. The zero-order chi connectivity index (χ0) is 13.8. The number of halogens is 1. The number of thiocarbonyl (C=S) groups is 1. The third-order valence-electron chi connectivity index (χ3n) is 2.62. The Balaban J connectivity index is 1.94. The van der Waals surface area contributed by atoms with Crippen LogP contribution < -0.4 is 11.1 Å². The van der Waals surface area contributed by atoms with Crippen LogP contribution in [-0.2, 0) is 6.42 Å². The van der Waals surface area contributed by atoms with Gasteiger partial charge in [0, 0.05) is 34.1 Å². The van der Waals surface area contributed by atoms with Crippen molar-refractivity contribution in [1.82, 2.24) is 4.98 Å². The molecule has 3 N–H and O–H groups in total. The highest BCUT2D eigenvalue weighted by Gasteiger charge is 2.04. The van der Waals surface area contributed by atoms with Gasteiger partial charge in [-0.15, -0.1) is 11.3 Å². The summed E-state index contributed by atoms with van der Waals surface area (Å²) in [5.41, 5.74) is 8.62. The largest absolute Gasteiger partial charge is 0.389 e. The number of aromatic nitrogens is 1. The van der Waals surface area contributed by atoms with E-state index >= 15 is 0 Å². The smallest absolute Gasteiger partial charge is 0.104 e. The number of hydrogen-bond acceptors (Lipinski definition) is 4. The van der Waals surface area contributed by atoms with E-state index in [1.54, 1.807) is 11.3 Å². The van der Waals surface area contributed by atoms with Crippen LogP contribution in [0.15, 0.2) is 28.1 Å². The number of nitrogens with two attached hydrogens (primary N) is 1. The van der Waals surface area contributed by atoms with Crippen LogP contribution in [0.3, 0.4) is 0 Å². The first-order valence-corrected chi connectivity index (χ1v) is 7.88. The van der Waals surface area contributed by atoms with Crippen LogP contribution >= 0.6 is 39.5 Å². The van der Waals surface area contributed by atoms with Gasteiger partial charge in [0.15, 0.2) is 0 Å². The minimum atomic E-state index is 0.408. The molecule has 1 heterocycles. The second-order valence-electron chi connectivity index (χ2n) is 4.09. The number of rotatable bonds is 5. The van der Waals surface area contributed by atoms with Gasteiger partial charge in [-0.25, -0.2) is 4.98 Å². The predicted octanol–water partition coefficient (Wildman–Crippen LogP) is 3.50. The van der Waals surface area contributed by atoms with Crippen molar-refractivity contribution >= 4 is 50.2 Å². The van der Waals surface area contributed by atoms with Crippen molar-refractivity contribution in [1.29, 1.82) is 0 Å². The van der Waals surface area contributed by atoms with E-state index in [4.69, 9.17) is 18.0 Å². The van der Waals surface area contributed by atoms with Gasteiger partial charge >= 0.3 is 0 Å². The fraction of sp³-hybridized carbons (Fsp3) is 0.231. The molecule has 0 aliphatic heterocycles. The highest BCUT2D eigenvalue weighted by Crippen LogP contribution is 2.23. The second kappa shape index (κ2) is 6.45. The van der Waals surface area contributed by atoms with Crippen molar-refractivity contribution in [2.45, 2.75) is 13.3 Å². The summed E-state index contributed by atoms with van der Waals surface area (Å²) in [6.45, 7) is 2.86. The molecule has 0 amide bonds. The lowest BCUT2D eigenvalue weighted by atomic mass is 10.2. The Morgan fingerprint density at radius 1 is 1.53 bits per heavy atom. The molecule has 3 nitrogen and oxygen atoms in total. The zero-order valence-electron chi connectivity index (χ0n) is 10.4. The summed E-state index contributed by atoms with van der Waals surface area (Å²) < 4.78 is 0.965. The molecule has 0 spiro atoms. The van der Waals surface area contributed by atoms with Gasteiger partial charge < -0.3 is 11.1 Å². The Bertz CT molecular complexity index is 595. The van der Waals surface area contributed by atoms with E-state index in [9.17, 15) is 0 Å². The summed E-state index contributed by atoms with van der Waals surface area (Å²) in [6, 6.07) is 5.82. The number of hydrogen-bond donors (Lipinski definition) is 2. The maximum atomic E-state index is 5.59. The van der Waals surface area contributed by atoms with E-state index in [0.717, 1.165) is 39.4 Å². The van der Waals surface area contributed by atoms with Crippen LogP contribution in [0.1, 0.15) is 16.3 Å². The molecule has 6 heteroatoms. The molecule has 1 aromatic carbocycles. The molecule has 2 aromatic rings. The molecule has 19 heavy (non-hydrogen) atoms. The Kier molecular flexibility index (Phi) is 4.90. The molecule has 0 fully saturated rings. The van der Waals surface area contributed by atoms with Crippen LogP contribution in [0.2, 0.25) is 0 Å². The molecule has 100 valence electrons. The third-order valence-corrected chi connectivity index (χ3v) is 4.33. The van der Waals surface area contributed by atoms with Crippen molar-refractivity contribution in [3.63, 3.8) is 0 Å². The van der Waals surface area contributed by atoms with Crippen LogP contribution in [0.4, 0.5) is 5.69 Å². The minimum Gasteiger partial charge on any atom is -0.389 e. The average Bonchev–Trinajstić information content (AvgIpc) is 2.77. The average molecular weight is 356 g/mol. The second-order valence-corrected chi connectivity index (χ2v) is 6.45. The summed E-state index contributed by atoms with van der Waals surface area (Å²) in [5, 5.41) is 6.58.